The lowest BCUT2D eigenvalue weighted by atomic mass is 10.1. The highest BCUT2D eigenvalue weighted by atomic mass is 16.5. The van der Waals surface area contributed by atoms with Gasteiger partial charge in [-0.2, -0.15) is 0 Å². The SMILES string of the molecule is CN1C2CCC1CN(C(=O)c1ccc(OCC(N)=O)cc1)CC2. The molecule has 23 heavy (non-hydrogen) atoms. The summed E-state index contributed by atoms with van der Waals surface area (Å²) in [6.45, 7) is 1.45. The molecule has 124 valence electrons. The summed E-state index contributed by atoms with van der Waals surface area (Å²) in [5.74, 6) is 0.0799. The Balaban J connectivity index is 1.64. The van der Waals surface area contributed by atoms with Crippen LogP contribution in [0.15, 0.2) is 24.3 Å². The van der Waals surface area contributed by atoms with Crippen LogP contribution in [0.2, 0.25) is 0 Å². The first kappa shape index (κ1) is 15.8. The molecule has 2 heterocycles. The molecule has 3 rings (SSSR count). The maximum Gasteiger partial charge on any atom is 0.255 e. The molecule has 2 atom stereocenters. The van der Waals surface area contributed by atoms with E-state index < -0.39 is 5.91 Å². The molecule has 2 saturated heterocycles. The first-order valence-electron chi connectivity index (χ1n) is 8.07. The van der Waals surface area contributed by atoms with Crippen molar-refractivity contribution in [2.75, 3.05) is 26.7 Å². The van der Waals surface area contributed by atoms with Crippen molar-refractivity contribution < 1.29 is 14.3 Å². The van der Waals surface area contributed by atoms with Gasteiger partial charge in [0.25, 0.3) is 11.8 Å². The number of likely N-dealkylation sites (N-methyl/N-ethyl adjacent to an activating group) is 1. The Labute approximate surface area is 136 Å². The van der Waals surface area contributed by atoms with Crippen LogP contribution in [-0.4, -0.2) is 60.4 Å². The lowest BCUT2D eigenvalue weighted by Crippen LogP contribution is -2.39. The summed E-state index contributed by atoms with van der Waals surface area (Å²) in [4.78, 5) is 27.8. The Morgan fingerprint density at radius 2 is 1.87 bits per heavy atom. The van der Waals surface area contributed by atoms with Crippen LogP contribution in [0.4, 0.5) is 0 Å². The molecule has 0 radical (unpaired) electrons. The van der Waals surface area contributed by atoms with E-state index in [4.69, 9.17) is 10.5 Å². The summed E-state index contributed by atoms with van der Waals surface area (Å²) in [7, 11) is 2.17. The lowest BCUT2D eigenvalue weighted by Gasteiger charge is -2.26. The summed E-state index contributed by atoms with van der Waals surface area (Å²) >= 11 is 0. The van der Waals surface area contributed by atoms with Crippen molar-refractivity contribution in [2.45, 2.75) is 31.3 Å². The second-order valence-corrected chi connectivity index (χ2v) is 6.37. The molecule has 2 amide bonds. The van der Waals surface area contributed by atoms with Gasteiger partial charge >= 0.3 is 0 Å². The molecule has 6 heteroatoms. The van der Waals surface area contributed by atoms with Gasteiger partial charge in [0, 0.05) is 30.7 Å². The average Bonchev–Trinajstić information content (AvgIpc) is 2.78. The Hall–Kier alpha value is -2.08. The minimum atomic E-state index is -0.520. The third-order valence-electron chi connectivity index (χ3n) is 4.92. The number of hydrogen-bond donors (Lipinski definition) is 1. The Morgan fingerprint density at radius 3 is 2.57 bits per heavy atom. The first-order chi connectivity index (χ1) is 11.0. The van der Waals surface area contributed by atoms with Crippen molar-refractivity contribution in [2.24, 2.45) is 5.73 Å². The molecule has 2 aliphatic rings. The quantitative estimate of drug-likeness (QED) is 0.893. The first-order valence-corrected chi connectivity index (χ1v) is 8.07. The number of ether oxygens (including phenoxy) is 1. The molecule has 2 unspecified atom stereocenters. The topological polar surface area (TPSA) is 75.9 Å². The van der Waals surface area contributed by atoms with Gasteiger partial charge in [-0.15, -0.1) is 0 Å². The molecule has 2 bridgehead atoms. The zero-order valence-corrected chi connectivity index (χ0v) is 13.4. The fourth-order valence-corrected chi connectivity index (χ4v) is 3.52. The number of likely N-dealkylation sites (tertiary alicyclic amines) is 1. The maximum atomic E-state index is 12.7. The van der Waals surface area contributed by atoms with E-state index in [-0.39, 0.29) is 12.5 Å². The number of rotatable bonds is 4. The second kappa shape index (κ2) is 6.58. The maximum absolute atomic E-state index is 12.7. The van der Waals surface area contributed by atoms with Crippen LogP contribution >= 0.6 is 0 Å². The Kier molecular flexibility index (Phi) is 4.52. The molecule has 1 aromatic rings. The molecule has 0 aliphatic carbocycles. The molecule has 1 aromatic carbocycles. The van der Waals surface area contributed by atoms with Gasteiger partial charge < -0.3 is 15.4 Å². The van der Waals surface area contributed by atoms with Crippen molar-refractivity contribution in [1.82, 2.24) is 9.80 Å². The molecule has 2 N–H and O–H groups in total. The normalized spacial score (nSPS) is 24.3. The van der Waals surface area contributed by atoms with Crippen molar-refractivity contribution in [3.63, 3.8) is 0 Å². The summed E-state index contributed by atoms with van der Waals surface area (Å²) in [6, 6.07) is 7.97. The van der Waals surface area contributed by atoms with E-state index >= 15 is 0 Å². The third-order valence-corrected chi connectivity index (χ3v) is 4.92. The number of carbonyl (C=O) groups excluding carboxylic acids is 2. The van der Waals surface area contributed by atoms with Gasteiger partial charge in [0.1, 0.15) is 5.75 Å². The highest BCUT2D eigenvalue weighted by molar-refractivity contribution is 5.94. The Morgan fingerprint density at radius 1 is 1.17 bits per heavy atom. The number of nitrogens with zero attached hydrogens (tertiary/aromatic N) is 2. The van der Waals surface area contributed by atoms with Gasteiger partial charge in [-0.05, 0) is 50.6 Å². The van der Waals surface area contributed by atoms with Crippen LogP contribution < -0.4 is 10.5 Å². The predicted molar refractivity (Wildman–Crippen MR) is 86.2 cm³/mol. The smallest absolute Gasteiger partial charge is 0.255 e. The summed E-state index contributed by atoms with van der Waals surface area (Å²) in [6.07, 6.45) is 3.46. The standard InChI is InChI=1S/C17H23N3O3/c1-19-13-4-5-14(19)10-20(9-8-13)17(22)12-2-6-15(7-3-12)23-11-16(18)21/h2-3,6-7,13-14H,4-5,8-11H2,1H3,(H2,18,21). The van der Waals surface area contributed by atoms with Gasteiger partial charge in [-0.25, -0.2) is 0 Å². The molecule has 2 aliphatic heterocycles. The molecule has 0 saturated carbocycles. The molecular formula is C17H23N3O3. The Bertz CT molecular complexity index is 587. The van der Waals surface area contributed by atoms with Crippen molar-refractivity contribution >= 4 is 11.8 Å². The van der Waals surface area contributed by atoms with E-state index in [1.807, 2.05) is 4.90 Å². The van der Waals surface area contributed by atoms with E-state index in [2.05, 4.69) is 11.9 Å². The van der Waals surface area contributed by atoms with E-state index in [0.29, 0.717) is 23.4 Å². The number of benzene rings is 1. The molecule has 6 nitrogen and oxygen atoms in total. The minimum Gasteiger partial charge on any atom is -0.484 e. The van der Waals surface area contributed by atoms with Crippen LogP contribution in [-0.2, 0) is 4.79 Å². The zero-order valence-electron chi connectivity index (χ0n) is 13.4. The molecule has 0 spiro atoms. The van der Waals surface area contributed by atoms with Crippen molar-refractivity contribution in [3.8, 4) is 5.75 Å². The number of amides is 2. The van der Waals surface area contributed by atoms with Crippen LogP contribution in [0.5, 0.6) is 5.75 Å². The lowest BCUT2D eigenvalue weighted by molar-refractivity contribution is -0.119. The van der Waals surface area contributed by atoms with Crippen molar-refractivity contribution in [3.05, 3.63) is 29.8 Å². The van der Waals surface area contributed by atoms with Gasteiger partial charge in [0.05, 0.1) is 0 Å². The van der Waals surface area contributed by atoms with Gasteiger partial charge in [-0.1, -0.05) is 0 Å². The van der Waals surface area contributed by atoms with Crippen LogP contribution in [0.3, 0.4) is 0 Å². The number of hydrogen-bond acceptors (Lipinski definition) is 4. The minimum absolute atomic E-state index is 0.0624. The molecular weight excluding hydrogens is 294 g/mol. The number of fused-ring (bicyclic) bond motifs is 2. The average molecular weight is 317 g/mol. The van der Waals surface area contributed by atoms with E-state index in [1.165, 1.54) is 12.8 Å². The van der Waals surface area contributed by atoms with Gasteiger partial charge in [0.2, 0.25) is 0 Å². The predicted octanol–water partition coefficient (Wildman–Crippen LogP) is 0.859. The van der Waals surface area contributed by atoms with Gasteiger partial charge in [0.15, 0.2) is 6.61 Å². The second-order valence-electron chi connectivity index (χ2n) is 6.37. The fourth-order valence-electron chi connectivity index (χ4n) is 3.52. The van der Waals surface area contributed by atoms with Crippen LogP contribution in [0, 0.1) is 0 Å². The van der Waals surface area contributed by atoms with Crippen LogP contribution in [0.25, 0.3) is 0 Å². The van der Waals surface area contributed by atoms with Crippen molar-refractivity contribution in [1.29, 1.82) is 0 Å². The van der Waals surface area contributed by atoms with E-state index in [9.17, 15) is 9.59 Å². The summed E-state index contributed by atoms with van der Waals surface area (Å²) in [5, 5.41) is 0. The third kappa shape index (κ3) is 3.47. The number of primary amides is 1. The summed E-state index contributed by atoms with van der Waals surface area (Å²) < 4.78 is 5.22. The fraction of sp³-hybridized carbons (Fsp3) is 0.529. The largest absolute Gasteiger partial charge is 0.484 e. The van der Waals surface area contributed by atoms with E-state index in [0.717, 1.165) is 19.5 Å². The van der Waals surface area contributed by atoms with E-state index in [1.54, 1.807) is 24.3 Å². The molecule has 2 fully saturated rings. The zero-order chi connectivity index (χ0) is 16.4. The monoisotopic (exact) mass is 317 g/mol. The van der Waals surface area contributed by atoms with Crippen LogP contribution in [0.1, 0.15) is 29.6 Å². The highest BCUT2D eigenvalue weighted by Gasteiger charge is 2.36. The number of carbonyl (C=O) groups is 2. The summed E-state index contributed by atoms with van der Waals surface area (Å²) in [5.41, 5.74) is 5.69. The highest BCUT2D eigenvalue weighted by Crippen LogP contribution is 2.29. The van der Waals surface area contributed by atoms with Gasteiger partial charge in [-0.3, -0.25) is 14.5 Å². The molecule has 0 aromatic heterocycles. The number of nitrogens with two attached hydrogens (primary N) is 1.